The van der Waals surface area contributed by atoms with Gasteiger partial charge in [-0.2, -0.15) is 0 Å². The molecule has 2 aliphatic heterocycles. The largest absolute Gasteiger partial charge is 0.346 e. The van der Waals surface area contributed by atoms with Crippen LogP contribution in [0.4, 0.5) is 0 Å². The van der Waals surface area contributed by atoms with Crippen molar-refractivity contribution in [3.8, 4) is 0 Å². The first kappa shape index (κ1) is 13.6. The molecule has 1 N–H and O–H groups in total. The second-order valence-electron chi connectivity index (χ2n) is 6.11. The number of likely N-dealkylation sites (tertiary alicyclic amines) is 2. The predicted octanol–water partition coefficient (Wildman–Crippen LogP) is 1.52. The van der Waals surface area contributed by atoms with Crippen molar-refractivity contribution in [3.05, 3.63) is 17.7 Å². The Labute approximate surface area is 120 Å². The number of hydrogen-bond acceptors (Lipinski definition) is 3. The predicted molar refractivity (Wildman–Crippen MR) is 77.6 cm³/mol. The number of aryl methyl sites for hydroxylation is 1. The van der Waals surface area contributed by atoms with Crippen LogP contribution in [0, 0.1) is 6.92 Å². The maximum atomic E-state index is 12.2. The minimum absolute atomic E-state index is 0.304. The molecule has 5 nitrogen and oxygen atoms in total. The molecule has 0 spiro atoms. The average molecular weight is 276 g/mol. The van der Waals surface area contributed by atoms with Crippen molar-refractivity contribution in [1.82, 2.24) is 19.8 Å². The first-order valence-corrected chi connectivity index (χ1v) is 7.74. The molecule has 2 saturated heterocycles. The molecule has 3 heterocycles. The van der Waals surface area contributed by atoms with Gasteiger partial charge in [0.25, 0.3) is 0 Å². The lowest BCUT2D eigenvalue weighted by molar-refractivity contribution is -0.131. The van der Waals surface area contributed by atoms with Gasteiger partial charge in [0, 0.05) is 37.4 Å². The first-order valence-electron chi connectivity index (χ1n) is 7.74. The summed E-state index contributed by atoms with van der Waals surface area (Å²) >= 11 is 0. The van der Waals surface area contributed by atoms with Crippen molar-refractivity contribution in [2.24, 2.45) is 0 Å². The van der Waals surface area contributed by atoms with Gasteiger partial charge >= 0.3 is 0 Å². The average Bonchev–Trinajstić information content (AvgIpc) is 3.10. The zero-order chi connectivity index (χ0) is 13.9. The van der Waals surface area contributed by atoms with Gasteiger partial charge in [-0.1, -0.05) is 0 Å². The lowest BCUT2D eigenvalue weighted by Gasteiger charge is -2.32. The standard InChI is InChI=1S/C15H24N4O/c1-12-9-16-15(17-12)13-5-4-6-18(10-13)11-14(20)19-7-2-3-8-19/h9,13H,2-8,10-11H2,1H3,(H,16,17)/t13-/m0/s1. The number of aromatic nitrogens is 2. The van der Waals surface area contributed by atoms with Crippen LogP contribution < -0.4 is 0 Å². The number of amides is 1. The van der Waals surface area contributed by atoms with E-state index in [9.17, 15) is 4.79 Å². The highest BCUT2D eigenvalue weighted by molar-refractivity contribution is 5.78. The normalized spacial score (nSPS) is 24.2. The minimum atomic E-state index is 0.304. The number of H-pyrrole nitrogens is 1. The van der Waals surface area contributed by atoms with E-state index >= 15 is 0 Å². The summed E-state index contributed by atoms with van der Waals surface area (Å²) < 4.78 is 0. The van der Waals surface area contributed by atoms with E-state index in [0.29, 0.717) is 18.4 Å². The van der Waals surface area contributed by atoms with E-state index in [0.717, 1.165) is 44.1 Å². The topological polar surface area (TPSA) is 52.2 Å². The molecule has 20 heavy (non-hydrogen) atoms. The van der Waals surface area contributed by atoms with Gasteiger partial charge in [-0.25, -0.2) is 4.98 Å². The van der Waals surface area contributed by atoms with E-state index < -0.39 is 0 Å². The van der Waals surface area contributed by atoms with Gasteiger partial charge in [0.1, 0.15) is 5.82 Å². The summed E-state index contributed by atoms with van der Waals surface area (Å²) in [6.45, 7) is 6.51. The van der Waals surface area contributed by atoms with Crippen LogP contribution in [0.1, 0.15) is 43.1 Å². The summed E-state index contributed by atoms with van der Waals surface area (Å²) in [6, 6.07) is 0. The van der Waals surface area contributed by atoms with Crippen LogP contribution in [0.25, 0.3) is 0 Å². The molecule has 1 amide bonds. The van der Waals surface area contributed by atoms with Gasteiger partial charge in [0.05, 0.1) is 6.54 Å². The Morgan fingerprint density at radius 3 is 2.85 bits per heavy atom. The van der Waals surface area contributed by atoms with Crippen molar-refractivity contribution in [1.29, 1.82) is 0 Å². The third-order valence-corrected chi connectivity index (χ3v) is 4.43. The highest BCUT2D eigenvalue weighted by Crippen LogP contribution is 2.24. The van der Waals surface area contributed by atoms with E-state index in [1.807, 2.05) is 18.0 Å². The molecule has 2 aliphatic rings. The summed E-state index contributed by atoms with van der Waals surface area (Å²) in [5, 5.41) is 0. The van der Waals surface area contributed by atoms with E-state index in [4.69, 9.17) is 0 Å². The lowest BCUT2D eigenvalue weighted by atomic mass is 9.97. The zero-order valence-electron chi connectivity index (χ0n) is 12.3. The Morgan fingerprint density at radius 2 is 2.15 bits per heavy atom. The lowest BCUT2D eigenvalue weighted by Crippen LogP contribution is -2.43. The van der Waals surface area contributed by atoms with E-state index in [1.165, 1.54) is 19.3 Å². The molecule has 0 radical (unpaired) electrons. The van der Waals surface area contributed by atoms with Gasteiger partial charge in [-0.15, -0.1) is 0 Å². The van der Waals surface area contributed by atoms with E-state index in [2.05, 4.69) is 14.9 Å². The minimum Gasteiger partial charge on any atom is -0.346 e. The fourth-order valence-corrected chi connectivity index (χ4v) is 3.32. The molecule has 2 fully saturated rings. The summed E-state index contributed by atoms with van der Waals surface area (Å²) in [6.07, 6.45) is 6.54. The first-order chi connectivity index (χ1) is 9.72. The van der Waals surface area contributed by atoms with Crippen LogP contribution in [0.2, 0.25) is 0 Å². The fraction of sp³-hybridized carbons (Fsp3) is 0.733. The fourth-order valence-electron chi connectivity index (χ4n) is 3.32. The van der Waals surface area contributed by atoms with Crippen LogP contribution >= 0.6 is 0 Å². The number of aromatic amines is 1. The number of imidazole rings is 1. The number of rotatable bonds is 3. The maximum Gasteiger partial charge on any atom is 0.236 e. The van der Waals surface area contributed by atoms with Crippen molar-refractivity contribution in [3.63, 3.8) is 0 Å². The van der Waals surface area contributed by atoms with Crippen LogP contribution in [-0.2, 0) is 4.79 Å². The monoisotopic (exact) mass is 276 g/mol. The molecule has 1 aromatic heterocycles. The van der Waals surface area contributed by atoms with Crippen LogP contribution in [0.15, 0.2) is 6.20 Å². The Balaban J connectivity index is 1.56. The molecule has 0 saturated carbocycles. The SMILES string of the molecule is Cc1cnc([C@H]2CCCN(CC(=O)N3CCCC3)C2)[nH]1. The van der Waals surface area contributed by atoms with Gasteiger partial charge < -0.3 is 9.88 Å². The van der Waals surface area contributed by atoms with Crippen molar-refractivity contribution >= 4 is 5.91 Å². The van der Waals surface area contributed by atoms with E-state index in [-0.39, 0.29) is 0 Å². The Kier molecular flexibility index (Phi) is 4.05. The number of hydrogen-bond donors (Lipinski definition) is 1. The zero-order valence-corrected chi connectivity index (χ0v) is 12.3. The van der Waals surface area contributed by atoms with Gasteiger partial charge in [-0.3, -0.25) is 9.69 Å². The molecular weight excluding hydrogens is 252 g/mol. The number of carbonyl (C=O) groups excluding carboxylic acids is 1. The van der Waals surface area contributed by atoms with Gasteiger partial charge in [-0.05, 0) is 39.2 Å². The molecule has 0 aliphatic carbocycles. The molecule has 1 atom stereocenters. The Hall–Kier alpha value is -1.36. The second kappa shape index (κ2) is 5.95. The molecule has 3 rings (SSSR count). The number of nitrogens with zero attached hydrogens (tertiary/aromatic N) is 3. The Morgan fingerprint density at radius 1 is 1.35 bits per heavy atom. The van der Waals surface area contributed by atoms with Gasteiger partial charge in [0.15, 0.2) is 0 Å². The van der Waals surface area contributed by atoms with Crippen LogP contribution in [0.5, 0.6) is 0 Å². The quantitative estimate of drug-likeness (QED) is 0.910. The van der Waals surface area contributed by atoms with Crippen molar-refractivity contribution < 1.29 is 4.79 Å². The Bertz CT molecular complexity index is 464. The van der Waals surface area contributed by atoms with Crippen LogP contribution in [-0.4, -0.2) is 58.4 Å². The maximum absolute atomic E-state index is 12.2. The molecule has 0 aromatic carbocycles. The van der Waals surface area contributed by atoms with Gasteiger partial charge in [0.2, 0.25) is 5.91 Å². The van der Waals surface area contributed by atoms with E-state index in [1.54, 1.807) is 0 Å². The molecule has 5 heteroatoms. The molecule has 0 unspecified atom stereocenters. The summed E-state index contributed by atoms with van der Waals surface area (Å²) in [4.78, 5) is 24.3. The number of carbonyl (C=O) groups is 1. The van der Waals surface area contributed by atoms with Crippen LogP contribution in [0.3, 0.4) is 0 Å². The second-order valence-corrected chi connectivity index (χ2v) is 6.11. The third-order valence-electron chi connectivity index (χ3n) is 4.43. The smallest absolute Gasteiger partial charge is 0.236 e. The number of nitrogens with one attached hydrogen (secondary N) is 1. The van der Waals surface area contributed by atoms with Crippen molar-refractivity contribution in [2.75, 3.05) is 32.7 Å². The summed E-state index contributed by atoms with van der Waals surface area (Å²) in [5.41, 5.74) is 1.12. The highest BCUT2D eigenvalue weighted by Gasteiger charge is 2.26. The highest BCUT2D eigenvalue weighted by atomic mass is 16.2. The molecule has 0 bridgehead atoms. The molecular formula is C15H24N4O. The van der Waals surface area contributed by atoms with Crippen molar-refractivity contribution in [2.45, 2.75) is 38.5 Å². The molecule has 110 valence electrons. The summed E-state index contributed by atoms with van der Waals surface area (Å²) in [5.74, 6) is 1.84. The molecule has 1 aromatic rings. The summed E-state index contributed by atoms with van der Waals surface area (Å²) in [7, 11) is 0. The third kappa shape index (κ3) is 3.03. The number of piperidine rings is 1.